The third-order valence-electron chi connectivity index (χ3n) is 8.28. The number of fused-ring (bicyclic) bond motifs is 3. The molecule has 38 heavy (non-hydrogen) atoms. The Kier molecular flexibility index (Phi) is 6.20. The van der Waals surface area contributed by atoms with E-state index >= 15 is 0 Å². The number of carbonyl (C=O) groups is 2. The van der Waals surface area contributed by atoms with Gasteiger partial charge in [0.05, 0.1) is 17.2 Å². The van der Waals surface area contributed by atoms with Crippen LogP contribution >= 0.6 is 0 Å². The molecule has 0 saturated heterocycles. The van der Waals surface area contributed by atoms with Gasteiger partial charge in [0.2, 0.25) is 5.91 Å². The summed E-state index contributed by atoms with van der Waals surface area (Å²) < 4.78 is 0. The minimum absolute atomic E-state index is 0.0360. The Balaban J connectivity index is 1.61. The molecule has 0 fully saturated rings. The van der Waals surface area contributed by atoms with Crippen LogP contribution in [0, 0.1) is 18.8 Å². The van der Waals surface area contributed by atoms with E-state index in [4.69, 9.17) is 5.73 Å². The van der Waals surface area contributed by atoms with Crippen LogP contribution in [-0.4, -0.2) is 62.8 Å². The van der Waals surface area contributed by atoms with Gasteiger partial charge < -0.3 is 26.2 Å². The number of phenolic OH excluding ortho intramolecular Hbond substituents is 1. The Hall–Kier alpha value is -3.88. The number of rotatable bonds is 4. The second-order valence-corrected chi connectivity index (χ2v) is 10.8. The second kappa shape index (κ2) is 9.15. The van der Waals surface area contributed by atoms with E-state index < -0.39 is 47.3 Å². The summed E-state index contributed by atoms with van der Waals surface area (Å²) in [7, 11) is 3.41. The molecule has 0 radical (unpaired) electrons. The maximum atomic E-state index is 13.8. The first-order chi connectivity index (χ1) is 17.9. The van der Waals surface area contributed by atoms with Crippen molar-refractivity contribution in [3.63, 3.8) is 0 Å². The van der Waals surface area contributed by atoms with E-state index in [2.05, 4.69) is 0 Å². The smallest absolute Gasteiger partial charge is 0.248 e. The molecule has 6 N–H and O–H groups in total. The molecule has 0 aliphatic heterocycles. The highest BCUT2D eigenvalue weighted by atomic mass is 16.3. The number of aliphatic hydroxyl groups excluding tert-OH is 2. The van der Waals surface area contributed by atoms with Gasteiger partial charge in [0, 0.05) is 17.9 Å². The van der Waals surface area contributed by atoms with E-state index in [1.54, 1.807) is 25.1 Å². The predicted octanol–water partition coefficient (Wildman–Crippen LogP) is 3.42. The van der Waals surface area contributed by atoms with Crippen molar-refractivity contribution in [2.24, 2.45) is 17.6 Å². The van der Waals surface area contributed by atoms with E-state index in [1.165, 1.54) is 6.07 Å². The van der Waals surface area contributed by atoms with Gasteiger partial charge in [-0.15, -0.1) is 0 Å². The van der Waals surface area contributed by atoms with E-state index in [-0.39, 0.29) is 34.6 Å². The zero-order valence-corrected chi connectivity index (χ0v) is 21.6. The van der Waals surface area contributed by atoms with Gasteiger partial charge in [-0.3, -0.25) is 14.5 Å². The van der Waals surface area contributed by atoms with Crippen LogP contribution in [0.25, 0.3) is 12.2 Å². The lowest BCUT2D eigenvalue weighted by atomic mass is 9.59. The number of aryl methyl sites for hydroxylation is 1. The van der Waals surface area contributed by atoms with Crippen molar-refractivity contribution in [2.75, 3.05) is 14.1 Å². The first-order valence-corrected chi connectivity index (χ1v) is 12.6. The van der Waals surface area contributed by atoms with Crippen LogP contribution < -0.4 is 5.73 Å². The first kappa shape index (κ1) is 25.8. The largest absolute Gasteiger partial charge is 0.510 e. The molecular formula is C30H32N2O6. The van der Waals surface area contributed by atoms with E-state index in [1.807, 2.05) is 43.3 Å². The fourth-order valence-corrected chi connectivity index (χ4v) is 6.38. The molecule has 0 aromatic heterocycles. The topological polar surface area (TPSA) is 144 Å². The molecule has 8 heteroatoms. The molecule has 1 amide bonds. The summed E-state index contributed by atoms with van der Waals surface area (Å²) in [5.74, 6) is -3.56. The van der Waals surface area contributed by atoms with Gasteiger partial charge in [0.15, 0.2) is 5.78 Å². The quantitative estimate of drug-likeness (QED) is 0.392. The maximum Gasteiger partial charge on any atom is 0.248 e. The molecule has 0 saturated carbocycles. The minimum atomic E-state index is -1.97. The number of nitrogens with two attached hydrogens (primary N) is 1. The number of likely N-dealkylation sites (N-methyl/N-ethyl adjacent to an activating group) is 1. The molecule has 0 heterocycles. The van der Waals surface area contributed by atoms with Crippen LogP contribution in [0.4, 0.5) is 0 Å². The fraction of sp³-hybridized carbons (Fsp3) is 0.333. The Morgan fingerprint density at radius 1 is 1.08 bits per heavy atom. The summed E-state index contributed by atoms with van der Waals surface area (Å²) in [4.78, 5) is 27.6. The molecule has 4 atom stereocenters. The summed E-state index contributed by atoms with van der Waals surface area (Å²) in [6.07, 6.45) is 4.06. The average molecular weight is 517 g/mol. The number of primary amides is 1. The number of amides is 1. The molecule has 3 aliphatic rings. The van der Waals surface area contributed by atoms with Crippen molar-refractivity contribution in [1.29, 1.82) is 0 Å². The van der Waals surface area contributed by atoms with Crippen molar-refractivity contribution in [1.82, 2.24) is 4.90 Å². The number of carbonyl (C=O) groups excluding carboxylic acids is 2. The van der Waals surface area contributed by atoms with Gasteiger partial charge >= 0.3 is 0 Å². The van der Waals surface area contributed by atoms with Crippen LogP contribution in [0.1, 0.15) is 45.5 Å². The van der Waals surface area contributed by atoms with Gasteiger partial charge in [-0.2, -0.15) is 0 Å². The van der Waals surface area contributed by atoms with E-state index in [9.17, 15) is 30.0 Å². The maximum absolute atomic E-state index is 13.8. The highest BCUT2D eigenvalue weighted by molar-refractivity contribution is 6.14. The molecule has 2 aromatic rings. The Bertz CT molecular complexity index is 1440. The van der Waals surface area contributed by atoms with Gasteiger partial charge in [-0.1, -0.05) is 48.0 Å². The third kappa shape index (κ3) is 3.92. The van der Waals surface area contributed by atoms with E-state index in [0.717, 1.165) is 16.7 Å². The number of phenols is 1. The van der Waals surface area contributed by atoms with Crippen molar-refractivity contribution in [3.8, 4) is 5.75 Å². The molecule has 3 aliphatic carbocycles. The number of nitrogens with zero attached hydrogens (tertiary/aromatic N) is 1. The van der Waals surface area contributed by atoms with Gasteiger partial charge in [0.1, 0.15) is 22.9 Å². The van der Waals surface area contributed by atoms with Crippen LogP contribution in [-0.2, 0) is 11.2 Å². The highest BCUT2D eigenvalue weighted by Crippen LogP contribution is 2.53. The van der Waals surface area contributed by atoms with Crippen LogP contribution in [0.5, 0.6) is 5.75 Å². The number of aromatic hydroxyl groups is 1. The van der Waals surface area contributed by atoms with Gasteiger partial charge in [-0.25, -0.2) is 0 Å². The number of hydrogen-bond donors (Lipinski definition) is 5. The lowest BCUT2D eigenvalue weighted by Gasteiger charge is -2.51. The number of hydrogen-bond acceptors (Lipinski definition) is 7. The average Bonchev–Trinajstić information content (AvgIpc) is 2.85. The lowest BCUT2D eigenvalue weighted by molar-refractivity contribution is -0.118. The summed E-state index contributed by atoms with van der Waals surface area (Å²) >= 11 is 0. The Morgan fingerprint density at radius 3 is 2.39 bits per heavy atom. The Morgan fingerprint density at radius 2 is 1.76 bits per heavy atom. The minimum Gasteiger partial charge on any atom is -0.510 e. The standard InChI is InChI=1S/C30H32N2O6/c1-15-4-6-16(7-5-15)8-9-17-10-11-22(33)24-19(17)12-18-13-21-25(32(2)3)26(34)20(29(31)37)14-30(21,38)28(36)23(18)27(24)35/h4-11,18,21,25,33-34,36,38H,12-14H2,1-3H3,(H2,31,37)/b9-8+. The predicted molar refractivity (Wildman–Crippen MR) is 143 cm³/mol. The number of Topliss-reactive ketones (excluding diaryl/α,β-unsaturated/α-hetero) is 1. The summed E-state index contributed by atoms with van der Waals surface area (Å²) in [6, 6.07) is 10.4. The van der Waals surface area contributed by atoms with Crippen LogP contribution in [0.3, 0.4) is 0 Å². The van der Waals surface area contributed by atoms with E-state index in [0.29, 0.717) is 12.0 Å². The zero-order chi connectivity index (χ0) is 27.5. The SMILES string of the molecule is Cc1ccc(/C=C/c2ccc(O)c3c2CC2CC4C(N(C)C)C(O)=C(C(N)=O)CC4(O)C(O)=C2C3=O)cc1. The number of ketones is 1. The lowest BCUT2D eigenvalue weighted by Crippen LogP contribution is -2.59. The van der Waals surface area contributed by atoms with Crippen molar-refractivity contribution >= 4 is 23.8 Å². The highest BCUT2D eigenvalue weighted by Gasteiger charge is 2.58. The number of allylic oxidation sites excluding steroid dienone is 1. The number of benzene rings is 2. The number of aliphatic hydroxyl groups is 3. The molecule has 4 unspecified atom stereocenters. The summed E-state index contributed by atoms with van der Waals surface area (Å²) in [5.41, 5.74) is 7.06. The van der Waals surface area contributed by atoms with Crippen LogP contribution in [0.2, 0.25) is 0 Å². The van der Waals surface area contributed by atoms with Gasteiger partial charge in [-0.05, 0) is 62.5 Å². The Labute approximate surface area is 221 Å². The molecule has 198 valence electrons. The molecular weight excluding hydrogens is 484 g/mol. The summed E-state index contributed by atoms with van der Waals surface area (Å²) in [6.45, 7) is 2.01. The monoisotopic (exact) mass is 516 g/mol. The molecule has 5 rings (SSSR count). The molecule has 0 spiro atoms. The summed E-state index contributed by atoms with van der Waals surface area (Å²) in [5, 5.41) is 44.8. The zero-order valence-electron chi connectivity index (χ0n) is 21.6. The van der Waals surface area contributed by atoms with Crippen LogP contribution in [0.15, 0.2) is 59.1 Å². The van der Waals surface area contributed by atoms with Crippen molar-refractivity contribution in [3.05, 3.63) is 86.9 Å². The normalized spacial score (nSPS) is 27.0. The fourth-order valence-electron chi connectivity index (χ4n) is 6.38. The first-order valence-electron chi connectivity index (χ1n) is 12.6. The van der Waals surface area contributed by atoms with Gasteiger partial charge in [0.25, 0.3) is 0 Å². The molecule has 0 bridgehead atoms. The molecule has 2 aromatic carbocycles. The van der Waals surface area contributed by atoms with Crippen molar-refractivity contribution in [2.45, 2.75) is 37.8 Å². The van der Waals surface area contributed by atoms with Crippen molar-refractivity contribution < 1.29 is 30.0 Å². The molecule has 8 nitrogen and oxygen atoms in total. The third-order valence-corrected chi connectivity index (χ3v) is 8.28. The second-order valence-electron chi connectivity index (χ2n) is 10.8.